The van der Waals surface area contributed by atoms with E-state index < -0.39 is 35.1 Å². The molecule has 2 aromatic carbocycles. The summed E-state index contributed by atoms with van der Waals surface area (Å²) in [6, 6.07) is 3.86. The molecule has 0 fully saturated rings. The highest BCUT2D eigenvalue weighted by atomic mass is 19.4. The van der Waals surface area contributed by atoms with Crippen LogP contribution in [0.25, 0.3) is 0 Å². The number of urea groups is 1. The largest absolute Gasteiger partial charge is 0.416 e. The minimum absolute atomic E-state index is 0.123. The first-order valence-corrected chi connectivity index (χ1v) is 6.16. The molecule has 0 saturated carbocycles. The van der Waals surface area contributed by atoms with Gasteiger partial charge in [0, 0.05) is 0 Å². The Bertz CT molecular complexity index is 748. The Balaban J connectivity index is 2.17. The van der Waals surface area contributed by atoms with E-state index in [0.717, 1.165) is 12.1 Å². The summed E-state index contributed by atoms with van der Waals surface area (Å²) in [6.45, 7) is 0. The molecule has 0 bridgehead atoms. The molecule has 9 heteroatoms. The zero-order chi connectivity index (χ0) is 17.2. The first-order valence-electron chi connectivity index (χ1n) is 6.16. The summed E-state index contributed by atoms with van der Waals surface area (Å²) in [5.74, 6) is -1.91. The Labute approximate surface area is 128 Å². The predicted molar refractivity (Wildman–Crippen MR) is 75.8 cm³/mol. The summed E-state index contributed by atoms with van der Waals surface area (Å²) < 4.78 is 64.7. The second-order valence-corrected chi connectivity index (χ2v) is 4.51. The van der Waals surface area contributed by atoms with Gasteiger partial charge in [-0.25, -0.2) is 13.6 Å². The van der Waals surface area contributed by atoms with Crippen molar-refractivity contribution in [2.45, 2.75) is 6.18 Å². The highest BCUT2D eigenvalue weighted by molar-refractivity contribution is 6.32. The Morgan fingerprint density at radius 3 is 2.17 bits per heavy atom. The summed E-state index contributed by atoms with van der Waals surface area (Å²) in [4.78, 5) is 11.7. The summed E-state index contributed by atoms with van der Waals surface area (Å²) in [5, 5.41) is 3.93. The first kappa shape index (κ1) is 16.8. The maximum Gasteiger partial charge on any atom is 0.416 e. The van der Waals surface area contributed by atoms with Crippen molar-refractivity contribution in [1.82, 2.24) is 0 Å². The Morgan fingerprint density at radius 2 is 1.57 bits per heavy atom. The number of amides is 2. The Morgan fingerprint density at radius 1 is 0.913 bits per heavy atom. The second kappa shape index (κ2) is 6.27. The van der Waals surface area contributed by atoms with Crippen LogP contribution in [0.3, 0.4) is 0 Å². The lowest BCUT2D eigenvalue weighted by Crippen LogP contribution is -2.22. The number of halogens is 5. The lowest BCUT2D eigenvalue weighted by atomic mass is 9.96. The number of hydrogen-bond acceptors (Lipinski definition) is 1. The van der Waals surface area contributed by atoms with Crippen molar-refractivity contribution < 1.29 is 26.7 Å². The molecular formula is C14H8BF5N2O. The van der Waals surface area contributed by atoms with Crippen LogP contribution in [0.1, 0.15) is 5.56 Å². The molecule has 0 aliphatic heterocycles. The predicted octanol–water partition coefficient (Wildman–Crippen LogP) is 3.42. The molecule has 0 heterocycles. The van der Waals surface area contributed by atoms with E-state index in [1.807, 2.05) is 10.6 Å². The van der Waals surface area contributed by atoms with Gasteiger partial charge in [0.15, 0.2) is 0 Å². The van der Waals surface area contributed by atoms with Crippen LogP contribution in [0.2, 0.25) is 0 Å². The zero-order valence-corrected chi connectivity index (χ0v) is 11.3. The van der Waals surface area contributed by atoms with Crippen LogP contribution in [0.4, 0.5) is 38.1 Å². The van der Waals surface area contributed by atoms with E-state index in [4.69, 9.17) is 7.85 Å². The van der Waals surface area contributed by atoms with Crippen LogP contribution in [0.5, 0.6) is 0 Å². The smallest absolute Gasteiger partial charge is 0.305 e. The molecule has 0 aliphatic carbocycles. The number of alkyl halides is 3. The Hall–Kier alpha value is -2.58. The van der Waals surface area contributed by atoms with E-state index in [1.165, 1.54) is 6.07 Å². The van der Waals surface area contributed by atoms with E-state index in [1.54, 1.807) is 0 Å². The van der Waals surface area contributed by atoms with Gasteiger partial charge in [-0.3, -0.25) is 0 Å². The molecule has 3 nitrogen and oxygen atoms in total. The maximum atomic E-state index is 13.5. The number of hydrogen-bond donors (Lipinski definition) is 2. The standard InChI is InChI=1S/C14H8BF5N2O/c15-8-2-4-11(10(17)6-8)21-13(23)22-12-5-7(14(18,19)20)1-3-9(12)16/h1-6H,(H2,21,22,23). The SMILES string of the molecule is [B]c1ccc(NC(=O)Nc2cc(C(F)(F)F)ccc2F)c(F)c1. The highest BCUT2D eigenvalue weighted by Crippen LogP contribution is 2.31. The number of nitrogens with one attached hydrogen (secondary N) is 2. The monoisotopic (exact) mass is 326 g/mol. The number of rotatable bonds is 2. The van der Waals surface area contributed by atoms with Crippen LogP contribution in [0, 0.1) is 11.6 Å². The number of carbonyl (C=O) groups is 1. The maximum absolute atomic E-state index is 13.5. The van der Waals surface area contributed by atoms with Crippen LogP contribution in [-0.2, 0) is 6.18 Å². The molecule has 0 saturated heterocycles. The fourth-order valence-corrected chi connectivity index (χ4v) is 1.71. The van der Waals surface area contributed by atoms with Crippen molar-refractivity contribution in [1.29, 1.82) is 0 Å². The molecule has 0 aliphatic rings. The van der Waals surface area contributed by atoms with Gasteiger partial charge in [0.1, 0.15) is 19.5 Å². The number of benzene rings is 2. The third-order valence-electron chi connectivity index (χ3n) is 2.78. The fraction of sp³-hybridized carbons (Fsp3) is 0.0714. The minimum atomic E-state index is -4.69. The van der Waals surface area contributed by atoms with Gasteiger partial charge in [0.25, 0.3) is 0 Å². The van der Waals surface area contributed by atoms with Gasteiger partial charge in [-0.1, -0.05) is 11.5 Å². The normalized spacial score (nSPS) is 11.2. The molecule has 2 rings (SSSR count). The van der Waals surface area contributed by atoms with E-state index in [2.05, 4.69) is 0 Å². The van der Waals surface area contributed by atoms with Gasteiger partial charge < -0.3 is 10.6 Å². The van der Waals surface area contributed by atoms with Gasteiger partial charge in [-0.15, -0.1) is 0 Å². The van der Waals surface area contributed by atoms with Crippen molar-refractivity contribution >= 4 is 30.7 Å². The Kier molecular flexibility index (Phi) is 4.58. The zero-order valence-electron chi connectivity index (χ0n) is 11.3. The molecule has 2 amide bonds. The van der Waals surface area contributed by atoms with Gasteiger partial charge in [-0.05, 0) is 30.3 Å². The average molecular weight is 326 g/mol. The van der Waals surface area contributed by atoms with E-state index in [0.29, 0.717) is 18.2 Å². The van der Waals surface area contributed by atoms with Crippen LogP contribution < -0.4 is 16.1 Å². The number of carbonyl (C=O) groups excluding carboxylic acids is 1. The second-order valence-electron chi connectivity index (χ2n) is 4.51. The highest BCUT2D eigenvalue weighted by Gasteiger charge is 2.31. The molecule has 2 radical (unpaired) electrons. The summed E-state index contributed by atoms with van der Waals surface area (Å²) >= 11 is 0. The van der Waals surface area contributed by atoms with Gasteiger partial charge in [0.2, 0.25) is 0 Å². The fourth-order valence-electron chi connectivity index (χ4n) is 1.71. The number of anilines is 2. The van der Waals surface area contributed by atoms with Crippen molar-refractivity contribution in [3.63, 3.8) is 0 Å². The van der Waals surface area contributed by atoms with Gasteiger partial charge in [-0.2, -0.15) is 13.2 Å². The molecule has 118 valence electrons. The first-order chi connectivity index (χ1) is 10.7. The molecule has 0 unspecified atom stereocenters. The van der Waals surface area contributed by atoms with Crippen LogP contribution in [0.15, 0.2) is 36.4 Å². The third kappa shape index (κ3) is 4.21. The van der Waals surface area contributed by atoms with Gasteiger partial charge >= 0.3 is 12.2 Å². The molecule has 0 aromatic heterocycles. The molecule has 23 heavy (non-hydrogen) atoms. The quantitative estimate of drug-likeness (QED) is 0.644. The van der Waals surface area contributed by atoms with Crippen molar-refractivity contribution in [2.24, 2.45) is 0 Å². The van der Waals surface area contributed by atoms with Crippen molar-refractivity contribution in [3.8, 4) is 0 Å². The van der Waals surface area contributed by atoms with E-state index >= 15 is 0 Å². The van der Waals surface area contributed by atoms with Crippen molar-refractivity contribution in [2.75, 3.05) is 10.6 Å². The lowest BCUT2D eigenvalue weighted by molar-refractivity contribution is -0.137. The minimum Gasteiger partial charge on any atom is -0.305 e. The van der Waals surface area contributed by atoms with E-state index in [-0.39, 0.29) is 11.2 Å². The molecule has 0 spiro atoms. The van der Waals surface area contributed by atoms with E-state index in [9.17, 15) is 26.7 Å². The summed E-state index contributed by atoms with van der Waals surface area (Å²) in [6.07, 6.45) is -4.69. The molecule has 2 N–H and O–H groups in total. The topological polar surface area (TPSA) is 41.1 Å². The molecule has 2 aromatic rings. The summed E-state index contributed by atoms with van der Waals surface area (Å²) in [5.41, 5.74) is -1.96. The lowest BCUT2D eigenvalue weighted by Gasteiger charge is -2.12. The van der Waals surface area contributed by atoms with Gasteiger partial charge in [0.05, 0.1) is 16.9 Å². The summed E-state index contributed by atoms with van der Waals surface area (Å²) in [7, 11) is 5.33. The van der Waals surface area contributed by atoms with Crippen molar-refractivity contribution in [3.05, 3.63) is 53.6 Å². The third-order valence-corrected chi connectivity index (χ3v) is 2.78. The van der Waals surface area contributed by atoms with Crippen LogP contribution in [-0.4, -0.2) is 13.9 Å². The van der Waals surface area contributed by atoms with Crippen LogP contribution >= 0.6 is 0 Å². The molecule has 0 atom stereocenters. The molecular weight excluding hydrogens is 318 g/mol. The average Bonchev–Trinajstić information content (AvgIpc) is 2.43.